The number of benzene rings is 1. The van der Waals surface area contributed by atoms with Gasteiger partial charge in [-0.1, -0.05) is 13.8 Å². The van der Waals surface area contributed by atoms with Gasteiger partial charge in [0.25, 0.3) is 0 Å². The van der Waals surface area contributed by atoms with Crippen molar-refractivity contribution in [1.29, 1.82) is 0 Å². The highest BCUT2D eigenvalue weighted by Crippen LogP contribution is 2.24. The number of phenols is 1. The Morgan fingerprint density at radius 1 is 1.23 bits per heavy atom. The Kier molecular flexibility index (Phi) is 4.98. The molecule has 0 fully saturated rings. The molecule has 0 atom stereocenters. The first kappa shape index (κ1) is 16.2. The van der Waals surface area contributed by atoms with Gasteiger partial charge in [-0.3, -0.25) is 4.79 Å². The number of aryl methyl sites for hydroxylation is 1. The van der Waals surface area contributed by atoms with E-state index in [0.717, 1.165) is 18.7 Å². The maximum atomic E-state index is 12.3. The lowest BCUT2D eigenvalue weighted by atomic mass is 10.0. The lowest BCUT2D eigenvalue weighted by Gasteiger charge is -2.16. The molecule has 0 spiro atoms. The minimum atomic E-state index is -0.651. The molecule has 0 aliphatic carbocycles. The average Bonchev–Trinajstić information content (AvgIpc) is 2.47. The first-order chi connectivity index (χ1) is 10.5. The van der Waals surface area contributed by atoms with E-state index in [2.05, 4.69) is 4.90 Å². The SMILES string of the molecule is CCN(CC)CCC(=O)c1cc2c(C)cc(O)cc2oc1=O. The number of ketones is 1. The van der Waals surface area contributed by atoms with Gasteiger partial charge in [-0.15, -0.1) is 0 Å². The first-order valence-corrected chi connectivity index (χ1v) is 7.49. The van der Waals surface area contributed by atoms with Gasteiger partial charge in [0.15, 0.2) is 5.78 Å². The summed E-state index contributed by atoms with van der Waals surface area (Å²) >= 11 is 0. The zero-order valence-electron chi connectivity index (χ0n) is 13.2. The minimum Gasteiger partial charge on any atom is -0.508 e. The lowest BCUT2D eigenvalue weighted by Crippen LogP contribution is -2.27. The van der Waals surface area contributed by atoms with E-state index in [1.165, 1.54) is 6.07 Å². The Morgan fingerprint density at radius 2 is 1.91 bits per heavy atom. The van der Waals surface area contributed by atoms with Crippen molar-refractivity contribution in [3.63, 3.8) is 0 Å². The number of fused-ring (bicyclic) bond motifs is 1. The molecule has 1 heterocycles. The number of aromatic hydroxyl groups is 1. The van der Waals surface area contributed by atoms with Crippen LogP contribution in [0.15, 0.2) is 27.4 Å². The summed E-state index contributed by atoms with van der Waals surface area (Å²) < 4.78 is 5.19. The molecule has 0 bridgehead atoms. The van der Waals surface area contributed by atoms with Gasteiger partial charge >= 0.3 is 5.63 Å². The van der Waals surface area contributed by atoms with Gasteiger partial charge in [0.05, 0.1) is 0 Å². The molecule has 0 saturated heterocycles. The summed E-state index contributed by atoms with van der Waals surface area (Å²) in [6, 6.07) is 4.53. The smallest absolute Gasteiger partial charge is 0.347 e. The summed E-state index contributed by atoms with van der Waals surface area (Å²) in [5.41, 5.74) is 0.481. The second kappa shape index (κ2) is 6.75. The fourth-order valence-electron chi connectivity index (χ4n) is 2.50. The van der Waals surface area contributed by atoms with E-state index in [4.69, 9.17) is 4.42 Å². The molecular weight excluding hydrogens is 282 g/mol. The number of nitrogens with zero attached hydrogens (tertiary/aromatic N) is 1. The number of rotatable bonds is 6. The van der Waals surface area contributed by atoms with Crippen molar-refractivity contribution < 1.29 is 14.3 Å². The first-order valence-electron chi connectivity index (χ1n) is 7.49. The van der Waals surface area contributed by atoms with Crippen molar-refractivity contribution in [2.75, 3.05) is 19.6 Å². The Bertz CT molecular complexity index is 744. The predicted molar refractivity (Wildman–Crippen MR) is 85.6 cm³/mol. The maximum Gasteiger partial charge on any atom is 0.347 e. The quantitative estimate of drug-likeness (QED) is 0.656. The summed E-state index contributed by atoms with van der Waals surface area (Å²) in [7, 11) is 0. The predicted octanol–water partition coefficient (Wildman–Crippen LogP) is 2.72. The molecule has 0 aliphatic rings. The van der Waals surface area contributed by atoms with Crippen molar-refractivity contribution in [3.8, 4) is 5.75 Å². The zero-order valence-corrected chi connectivity index (χ0v) is 13.2. The van der Waals surface area contributed by atoms with E-state index in [-0.39, 0.29) is 23.5 Å². The second-order valence-electron chi connectivity index (χ2n) is 5.32. The Labute approximate surface area is 129 Å². The molecular formula is C17H21NO4. The number of hydrogen-bond acceptors (Lipinski definition) is 5. The van der Waals surface area contributed by atoms with Crippen LogP contribution in [0.1, 0.15) is 36.2 Å². The van der Waals surface area contributed by atoms with Crippen molar-refractivity contribution >= 4 is 16.8 Å². The standard InChI is InChI=1S/C17H21NO4/c1-4-18(5-2)7-6-15(20)14-10-13-11(3)8-12(19)9-16(13)22-17(14)21/h8-10,19H,4-7H2,1-3H3. The third-order valence-corrected chi connectivity index (χ3v) is 3.89. The van der Waals surface area contributed by atoms with E-state index in [0.29, 0.717) is 17.5 Å². The van der Waals surface area contributed by atoms with Gasteiger partial charge in [-0.2, -0.15) is 0 Å². The number of phenolic OH excluding ortho intramolecular Hbond substituents is 1. The molecule has 2 rings (SSSR count). The van der Waals surface area contributed by atoms with E-state index in [1.807, 2.05) is 13.8 Å². The number of carbonyl (C=O) groups excluding carboxylic acids is 1. The molecule has 0 saturated carbocycles. The third kappa shape index (κ3) is 3.36. The normalized spacial score (nSPS) is 11.3. The molecule has 1 aromatic carbocycles. The lowest BCUT2D eigenvalue weighted by molar-refractivity contribution is 0.0963. The molecule has 0 radical (unpaired) electrons. The largest absolute Gasteiger partial charge is 0.508 e. The van der Waals surface area contributed by atoms with E-state index in [1.54, 1.807) is 19.1 Å². The number of Topliss-reactive ketones (excluding diaryl/α,β-unsaturated/α-hetero) is 1. The van der Waals surface area contributed by atoms with Crippen LogP contribution in [-0.2, 0) is 0 Å². The third-order valence-electron chi connectivity index (χ3n) is 3.89. The highest BCUT2D eigenvalue weighted by Gasteiger charge is 2.16. The fraction of sp³-hybridized carbons (Fsp3) is 0.412. The molecule has 5 nitrogen and oxygen atoms in total. The van der Waals surface area contributed by atoms with E-state index >= 15 is 0 Å². The molecule has 0 unspecified atom stereocenters. The highest BCUT2D eigenvalue weighted by atomic mass is 16.4. The number of hydrogen-bond donors (Lipinski definition) is 1. The molecule has 22 heavy (non-hydrogen) atoms. The van der Waals surface area contributed by atoms with Gasteiger partial charge in [0.1, 0.15) is 16.9 Å². The Morgan fingerprint density at radius 3 is 2.55 bits per heavy atom. The maximum absolute atomic E-state index is 12.3. The van der Waals surface area contributed by atoms with Gasteiger partial charge in [-0.25, -0.2) is 4.79 Å². The van der Waals surface area contributed by atoms with E-state index in [9.17, 15) is 14.7 Å². The van der Waals surface area contributed by atoms with Crippen LogP contribution in [0.4, 0.5) is 0 Å². The second-order valence-corrected chi connectivity index (χ2v) is 5.32. The Balaban J connectivity index is 2.33. The molecule has 1 aromatic heterocycles. The molecule has 1 N–H and O–H groups in total. The van der Waals surface area contributed by atoms with Crippen LogP contribution >= 0.6 is 0 Å². The number of carbonyl (C=O) groups is 1. The molecule has 0 amide bonds. The fourth-order valence-corrected chi connectivity index (χ4v) is 2.50. The topological polar surface area (TPSA) is 70.8 Å². The van der Waals surface area contributed by atoms with Crippen LogP contribution in [0.5, 0.6) is 5.75 Å². The highest BCUT2D eigenvalue weighted by molar-refractivity contribution is 5.98. The van der Waals surface area contributed by atoms with Gasteiger partial charge in [-0.05, 0) is 37.7 Å². The summed E-state index contributed by atoms with van der Waals surface area (Å²) in [6.45, 7) is 8.23. The molecule has 2 aromatic rings. The summed E-state index contributed by atoms with van der Waals surface area (Å²) in [4.78, 5) is 26.4. The van der Waals surface area contributed by atoms with Crippen molar-refractivity contribution in [1.82, 2.24) is 4.90 Å². The van der Waals surface area contributed by atoms with Crippen LogP contribution in [-0.4, -0.2) is 35.4 Å². The summed E-state index contributed by atoms with van der Waals surface area (Å²) in [5, 5.41) is 10.2. The average molecular weight is 303 g/mol. The van der Waals surface area contributed by atoms with Crippen LogP contribution in [0.25, 0.3) is 11.0 Å². The molecule has 0 aliphatic heterocycles. The van der Waals surface area contributed by atoms with Crippen LogP contribution in [0.3, 0.4) is 0 Å². The Hall–Kier alpha value is -2.14. The summed E-state index contributed by atoms with van der Waals surface area (Å²) in [6.07, 6.45) is 0.287. The van der Waals surface area contributed by atoms with Crippen LogP contribution < -0.4 is 5.63 Å². The van der Waals surface area contributed by atoms with Gasteiger partial charge in [0, 0.05) is 24.4 Å². The van der Waals surface area contributed by atoms with Crippen LogP contribution in [0.2, 0.25) is 0 Å². The van der Waals surface area contributed by atoms with Gasteiger partial charge in [0.2, 0.25) is 0 Å². The zero-order chi connectivity index (χ0) is 16.3. The monoisotopic (exact) mass is 303 g/mol. The van der Waals surface area contributed by atoms with E-state index < -0.39 is 5.63 Å². The van der Waals surface area contributed by atoms with Crippen molar-refractivity contribution in [2.24, 2.45) is 0 Å². The minimum absolute atomic E-state index is 0.0359. The summed E-state index contributed by atoms with van der Waals surface area (Å²) in [5.74, 6) is -0.177. The molecule has 118 valence electrons. The molecule has 5 heteroatoms. The van der Waals surface area contributed by atoms with Crippen LogP contribution in [0, 0.1) is 6.92 Å². The van der Waals surface area contributed by atoms with Crippen molar-refractivity contribution in [2.45, 2.75) is 27.2 Å². The van der Waals surface area contributed by atoms with Crippen molar-refractivity contribution in [3.05, 3.63) is 39.7 Å². The van der Waals surface area contributed by atoms with Gasteiger partial charge < -0.3 is 14.4 Å².